The minimum absolute atomic E-state index is 0.176. The molecule has 0 aliphatic rings. The highest BCUT2D eigenvalue weighted by atomic mass is 32.2. The highest BCUT2D eigenvalue weighted by Crippen LogP contribution is 2.08. The first-order valence-corrected chi connectivity index (χ1v) is 8.22. The molecule has 0 spiro atoms. The van der Waals surface area contributed by atoms with E-state index in [4.69, 9.17) is 0 Å². The van der Waals surface area contributed by atoms with E-state index in [2.05, 4.69) is 4.99 Å². The van der Waals surface area contributed by atoms with Gasteiger partial charge >= 0.3 is 0 Å². The number of rotatable bonds is 0. The lowest BCUT2D eigenvalue weighted by atomic mass is 11.4. The zero-order chi connectivity index (χ0) is 10.7. The number of aliphatic imine (C=N–C) groups is 1. The van der Waals surface area contributed by atoms with Gasteiger partial charge in [0.25, 0.3) is 0 Å². The Morgan fingerprint density at radius 1 is 0.923 bits per heavy atom. The SMILES string of the molecule is CN=C(SC)SC.CSC(=O)SC. The predicted octanol–water partition coefficient (Wildman–Crippen LogP) is 3.53. The highest BCUT2D eigenvalue weighted by Gasteiger charge is 1.88. The van der Waals surface area contributed by atoms with Gasteiger partial charge in [0.2, 0.25) is 4.45 Å². The molecule has 0 bridgehead atoms. The van der Waals surface area contributed by atoms with Crippen molar-refractivity contribution in [3.05, 3.63) is 0 Å². The van der Waals surface area contributed by atoms with Crippen molar-refractivity contribution in [2.24, 2.45) is 4.99 Å². The van der Waals surface area contributed by atoms with Crippen LogP contribution in [0.5, 0.6) is 0 Å². The topological polar surface area (TPSA) is 29.4 Å². The van der Waals surface area contributed by atoms with Gasteiger partial charge in [-0.25, -0.2) is 0 Å². The number of carbonyl (C=O) groups is 1. The Hall–Kier alpha value is 0.740. The summed E-state index contributed by atoms with van der Waals surface area (Å²) in [5.74, 6) is 0. The molecule has 0 unspecified atom stereocenters. The maximum atomic E-state index is 10.1. The van der Waals surface area contributed by atoms with E-state index in [-0.39, 0.29) is 4.45 Å². The predicted molar refractivity (Wildman–Crippen MR) is 72.8 cm³/mol. The van der Waals surface area contributed by atoms with Crippen molar-refractivity contribution in [2.75, 3.05) is 32.1 Å². The summed E-state index contributed by atoms with van der Waals surface area (Å²) in [6.07, 6.45) is 7.61. The molecular formula is C7H15NOS4. The molecule has 0 aromatic rings. The molecule has 0 rings (SSSR count). The van der Waals surface area contributed by atoms with Gasteiger partial charge in [0.15, 0.2) is 0 Å². The van der Waals surface area contributed by atoms with Crippen molar-refractivity contribution in [3.63, 3.8) is 0 Å². The highest BCUT2D eigenvalue weighted by molar-refractivity contribution is 8.38. The van der Waals surface area contributed by atoms with Gasteiger partial charge in [0.1, 0.15) is 4.38 Å². The molecule has 6 heteroatoms. The lowest BCUT2D eigenvalue weighted by Gasteiger charge is -1.90. The average Bonchev–Trinajstić information content (AvgIpc) is 2.20. The maximum absolute atomic E-state index is 10.1. The second-order valence-corrected chi connectivity index (χ2v) is 5.22. The standard InChI is InChI=1S/C4H9NS2.C3H6OS2/c1-5-4(6-2)7-3;1-5-3(4)6-2/h1-3H3;1-2H3. The van der Waals surface area contributed by atoms with E-state index < -0.39 is 0 Å². The summed E-state index contributed by atoms with van der Waals surface area (Å²) in [6.45, 7) is 0. The summed E-state index contributed by atoms with van der Waals surface area (Å²) >= 11 is 5.86. The molecule has 0 heterocycles. The minimum atomic E-state index is 0.176. The van der Waals surface area contributed by atoms with Crippen molar-refractivity contribution in [2.45, 2.75) is 0 Å². The Labute approximate surface area is 97.5 Å². The lowest BCUT2D eigenvalue weighted by Crippen LogP contribution is -1.77. The molecule has 0 saturated carbocycles. The van der Waals surface area contributed by atoms with Gasteiger partial charge in [-0.2, -0.15) is 0 Å². The Morgan fingerprint density at radius 3 is 1.31 bits per heavy atom. The quantitative estimate of drug-likeness (QED) is 0.489. The number of nitrogens with zero attached hydrogens (tertiary/aromatic N) is 1. The molecule has 0 aromatic carbocycles. The monoisotopic (exact) mass is 257 g/mol. The van der Waals surface area contributed by atoms with E-state index in [0.29, 0.717) is 0 Å². The van der Waals surface area contributed by atoms with E-state index in [9.17, 15) is 4.79 Å². The fourth-order valence-corrected chi connectivity index (χ4v) is 2.05. The maximum Gasteiger partial charge on any atom is 0.245 e. The van der Waals surface area contributed by atoms with Gasteiger partial charge in [-0.1, -0.05) is 23.5 Å². The van der Waals surface area contributed by atoms with Crippen molar-refractivity contribution in [1.29, 1.82) is 0 Å². The molecule has 0 aromatic heterocycles. The van der Waals surface area contributed by atoms with Crippen LogP contribution in [0.1, 0.15) is 0 Å². The van der Waals surface area contributed by atoms with Crippen LogP contribution in [0.3, 0.4) is 0 Å². The lowest BCUT2D eigenvalue weighted by molar-refractivity contribution is 0.276. The summed E-state index contributed by atoms with van der Waals surface area (Å²) in [6, 6.07) is 0. The Bertz CT molecular complexity index is 149. The van der Waals surface area contributed by atoms with Crippen LogP contribution in [0.2, 0.25) is 0 Å². The second kappa shape index (κ2) is 12.7. The summed E-state index contributed by atoms with van der Waals surface area (Å²) in [5.41, 5.74) is 0. The van der Waals surface area contributed by atoms with Gasteiger partial charge in [-0.15, -0.1) is 23.5 Å². The normalized spacial score (nSPS) is 8.38. The molecule has 0 aliphatic heterocycles. The van der Waals surface area contributed by atoms with Crippen LogP contribution in [0.25, 0.3) is 0 Å². The number of thioether (sulfide) groups is 4. The molecule has 2 nitrogen and oxygen atoms in total. The van der Waals surface area contributed by atoms with Crippen LogP contribution in [0.15, 0.2) is 4.99 Å². The van der Waals surface area contributed by atoms with Crippen molar-refractivity contribution >= 4 is 55.9 Å². The molecule has 0 aliphatic carbocycles. The molecule has 0 fully saturated rings. The van der Waals surface area contributed by atoms with Gasteiger partial charge in [0.05, 0.1) is 0 Å². The third-order valence-corrected chi connectivity index (χ3v) is 4.60. The van der Waals surface area contributed by atoms with Crippen LogP contribution < -0.4 is 0 Å². The molecule has 78 valence electrons. The van der Waals surface area contributed by atoms with Crippen molar-refractivity contribution in [1.82, 2.24) is 0 Å². The average molecular weight is 257 g/mol. The van der Waals surface area contributed by atoms with E-state index in [0.717, 1.165) is 4.38 Å². The first-order chi connectivity index (χ1) is 6.15. The van der Waals surface area contributed by atoms with Crippen LogP contribution in [-0.4, -0.2) is 40.9 Å². The molecular weight excluding hydrogens is 242 g/mol. The van der Waals surface area contributed by atoms with Gasteiger partial charge < -0.3 is 0 Å². The van der Waals surface area contributed by atoms with Crippen LogP contribution >= 0.6 is 47.0 Å². The molecule has 0 amide bonds. The molecule has 0 saturated heterocycles. The van der Waals surface area contributed by atoms with E-state index >= 15 is 0 Å². The van der Waals surface area contributed by atoms with Crippen LogP contribution in [-0.2, 0) is 0 Å². The molecule has 0 atom stereocenters. The number of hydrogen-bond donors (Lipinski definition) is 0. The van der Waals surface area contributed by atoms with E-state index in [1.165, 1.54) is 23.5 Å². The molecule has 0 N–H and O–H groups in total. The summed E-state index contributed by atoms with van der Waals surface area (Å²) in [4.78, 5) is 14.1. The number of carbonyl (C=O) groups excluding carboxylic acids is 1. The van der Waals surface area contributed by atoms with Crippen molar-refractivity contribution in [3.8, 4) is 0 Å². The Kier molecular flexibility index (Phi) is 15.9. The third kappa shape index (κ3) is 12.7. The first-order valence-electron chi connectivity index (χ1n) is 3.32. The fraction of sp³-hybridized carbons (Fsp3) is 0.714. The second-order valence-electron chi connectivity index (χ2n) is 1.56. The largest absolute Gasteiger partial charge is 0.275 e. The number of hydrogen-bond acceptors (Lipinski definition) is 6. The summed E-state index contributed by atoms with van der Waals surface area (Å²) in [5, 5.41) is 0. The van der Waals surface area contributed by atoms with E-state index in [1.807, 2.05) is 19.6 Å². The smallest absolute Gasteiger partial charge is 0.245 e. The van der Waals surface area contributed by atoms with Crippen LogP contribution in [0, 0.1) is 0 Å². The minimum Gasteiger partial charge on any atom is -0.275 e. The summed E-state index contributed by atoms with van der Waals surface area (Å²) < 4.78 is 1.31. The molecule has 0 radical (unpaired) electrons. The zero-order valence-corrected chi connectivity index (χ0v) is 11.8. The molecule has 13 heavy (non-hydrogen) atoms. The van der Waals surface area contributed by atoms with Gasteiger partial charge in [-0.05, 0) is 25.0 Å². The van der Waals surface area contributed by atoms with E-state index in [1.54, 1.807) is 36.0 Å². The Morgan fingerprint density at radius 2 is 1.31 bits per heavy atom. The van der Waals surface area contributed by atoms with Crippen LogP contribution in [0.4, 0.5) is 4.79 Å². The Balaban J connectivity index is 0. The van der Waals surface area contributed by atoms with Crippen molar-refractivity contribution < 1.29 is 4.79 Å². The summed E-state index contributed by atoms with van der Waals surface area (Å²) in [7, 11) is 1.81. The van der Waals surface area contributed by atoms with Gasteiger partial charge in [0, 0.05) is 7.05 Å². The zero-order valence-electron chi connectivity index (χ0n) is 8.49. The third-order valence-electron chi connectivity index (χ3n) is 0.865. The van der Waals surface area contributed by atoms with Gasteiger partial charge in [-0.3, -0.25) is 9.79 Å². The first kappa shape index (κ1) is 16.2. The fourth-order valence-electron chi connectivity index (χ4n) is 0.349.